The Morgan fingerprint density at radius 3 is 2.70 bits per heavy atom. The molecule has 0 amide bonds. The van der Waals surface area contributed by atoms with Crippen LogP contribution in [0.15, 0.2) is 47.5 Å². The molecule has 0 radical (unpaired) electrons. The van der Waals surface area contributed by atoms with Gasteiger partial charge in [-0.1, -0.05) is 36.8 Å². The van der Waals surface area contributed by atoms with E-state index in [9.17, 15) is 0 Å². The lowest BCUT2D eigenvalue weighted by molar-refractivity contribution is 0.317. The van der Waals surface area contributed by atoms with E-state index in [1.807, 2.05) is 30.5 Å². The van der Waals surface area contributed by atoms with Gasteiger partial charge in [0.15, 0.2) is 0 Å². The van der Waals surface area contributed by atoms with Crippen LogP contribution in [0.1, 0.15) is 30.0 Å². The molecule has 0 aliphatic heterocycles. The highest BCUT2D eigenvalue weighted by atomic mass is 16.5. The normalized spacial score (nSPS) is 10.9. The SMILES string of the molecule is CCCOc1cccc(C=Nc2ccc(C)cc2C)c1. The molecule has 0 aromatic heterocycles. The third-order valence-corrected chi connectivity index (χ3v) is 3.04. The Balaban J connectivity index is 2.14. The van der Waals surface area contributed by atoms with Crippen molar-refractivity contribution in [3.05, 3.63) is 59.2 Å². The molecule has 2 rings (SSSR count). The third kappa shape index (κ3) is 3.95. The molecule has 2 heteroatoms. The van der Waals surface area contributed by atoms with Gasteiger partial charge in [-0.25, -0.2) is 0 Å². The molecule has 0 aliphatic carbocycles. The quantitative estimate of drug-likeness (QED) is 0.710. The molecule has 2 nitrogen and oxygen atoms in total. The van der Waals surface area contributed by atoms with E-state index in [1.54, 1.807) is 0 Å². The Labute approximate surface area is 121 Å². The summed E-state index contributed by atoms with van der Waals surface area (Å²) in [6, 6.07) is 14.3. The highest BCUT2D eigenvalue weighted by Gasteiger charge is 1.97. The molecular weight excluding hydrogens is 246 g/mol. The summed E-state index contributed by atoms with van der Waals surface area (Å²) in [5.74, 6) is 0.899. The maximum Gasteiger partial charge on any atom is 0.119 e. The Morgan fingerprint density at radius 1 is 1.10 bits per heavy atom. The van der Waals surface area contributed by atoms with E-state index in [0.29, 0.717) is 0 Å². The van der Waals surface area contributed by atoms with Crippen LogP contribution in [-0.4, -0.2) is 12.8 Å². The van der Waals surface area contributed by atoms with E-state index in [1.165, 1.54) is 11.1 Å². The molecule has 0 aliphatic rings. The highest BCUT2D eigenvalue weighted by molar-refractivity contribution is 5.82. The van der Waals surface area contributed by atoms with Crippen molar-refractivity contribution in [1.82, 2.24) is 0 Å². The summed E-state index contributed by atoms with van der Waals surface area (Å²) in [6.07, 6.45) is 2.90. The molecule has 0 heterocycles. The van der Waals surface area contributed by atoms with Crippen LogP contribution in [0.4, 0.5) is 5.69 Å². The fourth-order valence-corrected chi connectivity index (χ4v) is 2.00. The van der Waals surface area contributed by atoms with E-state index in [0.717, 1.165) is 30.0 Å². The van der Waals surface area contributed by atoms with Gasteiger partial charge in [0.25, 0.3) is 0 Å². The maximum absolute atomic E-state index is 5.63. The van der Waals surface area contributed by atoms with Crippen LogP contribution >= 0.6 is 0 Å². The number of nitrogens with zero attached hydrogens (tertiary/aromatic N) is 1. The van der Waals surface area contributed by atoms with Gasteiger partial charge in [0, 0.05) is 6.21 Å². The molecule has 2 aromatic carbocycles. The summed E-state index contributed by atoms with van der Waals surface area (Å²) < 4.78 is 5.63. The van der Waals surface area contributed by atoms with Gasteiger partial charge in [-0.05, 0) is 49.6 Å². The average Bonchev–Trinajstić information content (AvgIpc) is 2.45. The minimum atomic E-state index is 0.748. The van der Waals surface area contributed by atoms with Crippen LogP contribution in [0.5, 0.6) is 5.75 Å². The second kappa shape index (κ2) is 6.90. The molecule has 0 saturated heterocycles. The lowest BCUT2D eigenvalue weighted by atomic mass is 10.1. The number of hydrogen-bond acceptors (Lipinski definition) is 2. The number of aliphatic imine (C=N–C) groups is 1. The van der Waals surface area contributed by atoms with Gasteiger partial charge in [-0.15, -0.1) is 0 Å². The number of ether oxygens (including phenoxy) is 1. The van der Waals surface area contributed by atoms with Crippen molar-refractivity contribution in [3.8, 4) is 5.75 Å². The van der Waals surface area contributed by atoms with Crippen molar-refractivity contribution in [2.45, 2.75) is 27.2 Å². The minimum absolute atomic E-state index is 0.748. The van der Waals surface area contributed by atoms with Crippen LogP contribution in [0.3, 0.4) is 0 Å². The zero-order chi connectivity index (χ0) is 14.4. The number of rotatable bonds is 5. The van der Waals surface area contributed by atoms with Gasteiger partial charge >= 0.3 is 0 Å². The molecule has 0 unspecified atom stereocenters. The van der Waals surface area contributed by atoms with E-state index < -0.39 is 0 Å². The van der Waals surface area contributed by atoms with E-state index in [2.05, 4.69) is 44.0 Å². The van der Waals surface area contributed by atoms with Crippen LogP contribution in [-0.2, 0) is 0 Å². The van der Waals surface area contributed by atoms with Gasteiger partial charge < -0.3 is 4.74 Å². The Morgan fingerprint density at radius 2 is 1.95 bits per heavy atom. The number of hydrogen-bond donors (Lipinski definition) is 0. The van der Waals surface area contributed by atoms with Crippen LogP contribution in [0, 0.1) is 13.8 Å². The molecule has 0 atom stereocenters. The highest BCUT2D eigenvalue weighted by Crippen LogP contribution is 2.20. The molecule has 20 heavy (non-hydrogen) atoms. The lowest BCUT2D eigenvalue weighted by Crippen LogP contribution is -1.95. The molecule has 0 bridgehead atoms. The van der Waals surface area contributed by atoms with Crippen molar-refractivity contribution in [1.29, 1.82) is 0 Å². The second-order valence-corrected chi connectivity index (χ2v) is 4.97. The van der Waals surface area contributed by atoms with Gasteiger partial charge in [0.2, 0.25) is 0 Å². The monoisotopic (exact) mass is 267 g/mol. The first-order valence-electron chi connectivity index (χ1n) is 7.03. The van der Waals surface area contributed by atoms with Crippen molar-refractivity contribution in [3.63, 3.8) is 0 Å². The zero-order valence-corrected chi connectivity index (χ0v) is 12.4. The topological polar surface area (TPSA) is 21.6 Å². The molecule has 0 fully saturated rings. The van der Waals surface area contributed by atoms with Crippen LogP contribution in [0.25, 0.3) is 0 Å². The summed E-state index contributed by atoms with van der Waals surface area (Å²) in [6.45, 7) is 7.03. The predicted molar refractivity (Wildman–Crippen MR) is 85.4 cm³/mol. The summed E-state index contributed by atoms with van der Waals surface area (Å²) in [7, 11) is 0. The van der Waals surface area contributed by atoms with Gasteiger partial charge in [0.1, 0.15) is 5.75 Å². The standard InChI is InChI=1S/C18H21NO/c1-4-10-20-17-7-5-6-16(12-17)13-19-18-9-8-14(2)11-15(18)3/h5-9,11-13H,4,10H2,1-3H3. The Bertz CT molecular complexity index is 602. The molecule has 104 valence electrons. The first-order valence-corrected chi connectivity index (χ1v) is 7.03. The number of benzene rings is 2. The van der Waals surface area contributed by atoms with Crippen LogP contribution < -0.4 is 4.74 Å². The Hall–Kier alpha value is -2.09. The smallest absolute Gasteiger partial charge is 0.119 e. The largest absolute Gasteiger partial charge is 0.494 e. The molecule has 2 aromatic rings. The minimum Gasteiger partial charge on any atom is -0.494 e. The predicted octanol–water partition coefficient (Wildman–Crippen LogP) is 4.84. The van der Waals surface area contributed by atoms with Crippen molar-refractivity contribution >= 4 is 11.9 Å². The molecule has 0 saturated carbocycles. The van der Waals surface area contributed by atoms with E-state index >= 15 is 0 Å². The maximum atomic E-state index is 5.63. The number of aryl methyl sites for hydroxylation is 2. The summed E-state index contributed by atoms with van der Waals surface area (Å²) in [5, 5.41) is 0. The van der Waals surface area contributed by atoms with Gasteiger partial charge in [-0.3, -0.25) is 4.99 Å². The van der Waals surface area contributed by atoms with Crippen LogP contribution in [0.2, 0.25) is 0 Å². The second-order valence-electron chi connectivity index (χ2n) is 4.97. The molecular formula is C18H21NO. The molecule has 0 spiro atoms. The fraction of sp³-hybridized carbons (Fsp3) is 0.278. The van der Waals surface area contributed by atoms with Crippen molar-refractivity contribution in [2.75, 3.05) is 6.61 Å². The fourth-order valence-electron chi connectivity index (χ4n) is 2.00. The first-order chi connectivity index (χ1) is 9.69. The summed E-state index contributed by atoms with van der Waals surface area (Å²) in [4.78, 5) is 4.56. The van der Waals surface area contributed by atoms with Gasteiger partial charge in [-0.2, -0.15) is 0 Å². The zero-order valence-electron chi connectivity index (χ0n) is 12.4. The van der Waals surface area contributed by atoms with Crippen molar-refractivity contribution in [2.24, 2.45) is 4.99 Å². The molecule has 0 N–H and O–H groups in total. The summed E-state index contributed by atoms with van der Waals surface area (Å²) in [5.41, 5.74) is 4.52. The third-order valence-electron chi connectivity index (χ3n) is 3.04. The first kappa shape index (κ1) is 14.3. The van der Waals surface area contributed by atoms with E-state index in [4.69, 9.17) is 4.74 Å². The van der Waals surface area contributed by atoms with Gasteiger partial charge in [0.05, 0.1) is 12.3 Å². The Kier molecular flexibility index (Phi) is 4.94. The lowest BCUT2D eigenvalue weighted by Gasteiger charge is -2.05. The van der Waals surface area contributed by atoms with Crippen molar-refractivity contribution < 1.29 is 4.74 Å². The van der Waals surface area contributed by atoms with E-state index in [-0.39, 0.29) is 0 Å². The average molecular weight is 267 g/mol. The summed E-state index contributed by atoms with van der Waals surface area (Å²) >= 11 is 0.